The van der Waals surface area contributed by atoms with Crippen LogP contribution in [0.2, 0.25) is 0 Å². The van der Waals surface area contributed by atoms with Crippen molar-refractivity contribution in [1.82, 2.24) is 10.3 Å². The number of piperidine rings is 1. The molecular weight excluding hydrogens is 755 g/mol. The fourth-order valence-corrected chi connectivity index (χ4v) is 9.17. The topological polar surface area (TPSA) is 164 Å². The number of Topliss-reactive ketones (excluding diaryl/α,β-unsaturated/α-hetero) is 2. The van der Waals surface area contributed by atoms with Crippen LogP contribution in [-0.2, 0) is 32.0 Å². The van der Waals surface area contributed by atoms with E-state index >= 15 is 0 Å². The molecule has 13 heteroatoms. The van der Waals surface area contributed by atoms with Gasteiger partial charge in [0.05, 0.1) is 36.1 Å². The van der Waals surface area contributed by atoms with Crippen molar-refractivity contribution in [3.05, 3.63) is 87.8 Å². The molecule has 12 nitrogen and oxygen atoms in total. The predicted octanol–water partition coefficient (Wildman–Crippen LogP) is 7.09. The summed E-state index contributed by atoms with van der Waals surface area (Å²) in [6.45, 7) is 3.94. The summed E-state index contributed by atoms with van der Waals surface area (Å²) in [4.78, 5) is 84.0. The lowest BCUT2D eigenvalue weighted by molar-refractivity contribution is -0.137. The Hall–Kier alpha value is -5.69. The van der Waals surface area contributed by atoms with Gasteiger partial charge in [0.25, 0.3) is 0 Å². The summed E-state index contributed by atoms with van der Waals surface area (Å²) in [5.74, 6) is -2.53. The van der Waals surface area contributed by atoms with Gasteiger partial charge in [-0.2, -0.15) is 0 Å². The van der Waals surface area contributed by atoms with Gasteiger partial charge in [0, 0.05) is 52.8 Å². The van der Waals surface area contributed by atoms with Crippen LogP contribution in [0.15, 0.2) is 60.7 Å². The van der Waals surface area contributed by atoms with Gasteiger partial charge in [-0.05, 0) is 86.9 Å². The van der Waals surface area contributed by atoms with Crippen molar-refractivity contribution < 1.29 is 33.5 Å². The Kier molecular flexibility index (Phi) is 11.5. The minimum absolute atomic E-state index is 0.120. The Bertz CT molecular complexity index is 2300. The Morgan fingerprint density at radius 1 is 0.914 bits per heavy atom. The molecule has 0 bridgehead atoms. The second kappa shape index (κ2) is 17.0. The summed E-state index contributed by atoms with van der Waals surface area (Å²) in [6, 6.07) is 18.9. The molecule has 2 aliphatic carbocycles. The van der Waals surface area contributed by atoms with Crippen molar-refractivity contribution in [3.63, 3.8) is 0 Å². The standard InChI is InChI=1S/C45H47N5O7S/c1-26-40(30-15-17-35-29(25-30)19-21-50(35)44(56)28-13-14-28)49-45(58-26)48-37(52)24-27-9-7-10-31(23-27)57-22-6-4-2-3-5-20-46-34-12-8-11-32-38(34)42(54)39(41(32)53)33-16-18-36(51)47-43(33)55/h7-12,15,17,23,25,28,33,39,46H,2-6,13-14,16,18-22,24H2,1H3,(H,47,51,55)(H,48,49,52). The molecule has 0 radical (unpaired) electrons. The second-order valence-electron chi connectivity index (χ2n) is 15.7. The van der Waals surface area contributed by atoms with Gasteiger partial charge in [-0.15, -0.1) is 11.3 Å². The molecular formula is C45H47N5O7S. The van der Waals surface area contributed by atoms with Crippen molar-refractivity contribution in [2.45, 2.75) is 77.6 Å². The van der Waals surface area contributed by atoms with Gasteiger partial charge >= 0.3 is 0 Å². The number of rotatable bonds is 16. The first-order chi connectivity index (χ1) is 28.1. The van der Waals surface area contributed by atoms with Crippen molar-refractivity contribution in [2.24, 2.45) is 17.8 Å². The van der Waals surface area contributed by atoms with E-state index in [9.17, 15) is 28.8 Å². The van der Waals surface area contributed by atoms with E-state index in [2.05, 4.69) is 22.0 Å². The third-order valence-corrected chi connectivity index (χ3v) is 12.4. The minimum Gasteiger partial charge on any atom is -0.494 e. The summed E-state index contributed by atoms with van der Waals surface area (Å²) in [6.07, 6.45) is 8.08. The number of amides is 4. The maximum atomic E-state index is 13.4. The lowest BCUT2D eigenvalue weighted by Crippen LogP contribution is -2.46. The van der Waals surface area contributed by atoms with Crippen LogP contribution in [0, 0.1) is 24.7 Å². The number of nitrogens with zero attached hydrogens (tertiary/aromatic N) is 2. The molecule has 300 valence electrons. The summed E-state index contributed by atoms with van der Waals surface area (Å²) in [5.41, 5.74) is 6.13. The number of fused-ring (bicyclic) bond motifs is 2. The number of imide groups is 1. The number of nitrogens with one attached hydrogen (secondary N) is 3. The highest BCUT2D eigenvalue weighted by atomic mass is 32.1. The molecule has 58 heavy (non-hydrogen) atoms. The van der Waals surface area contributed by atoms with Gasteiger partial charge in [0.2, 0.25) is 23.6 Å². The molecule has 4 aliphatic rings. The van der Waals surface area contributed by atoms with Crippen molar-refractivity contribution in [3.8, 4) is 17.0 Å². The van der Waals surface area contributed by atoms with E-state index < -0.39 is 17.7 Å². The zero-order valence-corrected chi connectivity index (χ0v) is 33.4. The van der Waals surface area contributed by atoms with Crippen LogP contribution >= 0.6 is 11.3 Å². The van der Waals surface area contributed by atoms with Crippen LogP contribution in [-0.4, -0.2) is 59.9 Å². The number of thiazole rings is 1. The fourth-order valence-electron chi connectivity index (χ4n) is 8.32. The second-order valence-corrected chi connectivity index (χ2v) is 16.9. The van der Waals surface area contributed by atoms with E-state index in [-0.39, 0.29) is 54.5 Å². The first-order valence-electron chi connectivity index (χ1n) is 20.4. The molecule has 3 heterocycles. The lowest BCUT2D eigenvalue weighted by atomic mass is 9.82. The van der Waals surface area contributed by atoms with E-state index in [0.29, 0.717) is 35.1 Å². The molecule has 1 saturated carbocycles. The van der Waals surface area contributed by atoms with Gasteiger partial charge in [0.1, 0.15) is 5.75 Å². The Morgan fingerprint density at radius 2 is 1.72 bits per heavy atom. The molecule has 8 rings (SSSR count). The molecule has 3 N–H and O–H groups in total. The van der Waals surface area contributed by atoms with E-state index in [1.807, 2.05) is 48.2 Å². The quantitative estimate of drug-likeness (QED) is 0.0610. The number of carbonyl (C=O) groups excluding carboxylic acids is 6. The third-order valence-electron chi connectivity index (χ3n) is 11.5. The van der Waals surface area contributed by atoms with Gasteiger partial charge in [0.15, 0.2) is 16.7 Å². The average molecular weight is 802 g/mol. The maximum absolute atomic E-state index is 13.4. The van der Waals surface area contributed by atoms with Crippen molar-refractivity contribution in [1.29, 1.82) is 0 Å². The number of ether oxygens (including phenoxy) is 1. The lowest BCUT2D eigenvalue weighted by Gasteiger charge is -2.24. The van der Waals surface area contributed by atoms with E-state index in [1.54, 1.807) is 18.2 Å². The van der Waals surface area contributed by atoms with Crippen LogP contribution in [0.4, 0.5) is 16.5 Å². The Balaban J connectivity index is 0.738. The normalized spacial score (nSPS) is 18.5. The number of carbonyl (C=O) groups is 6. The largest absolute Gasteiger partial charge is 0.494 e. The van der Waals surface area contributed by atoms with Crippen LogP contribution in [0.25, 0.3) is 11.3 Å². The van der Waals surface area contributed by atoms with Gasteiger partial charge in [-0.25, -0.2) is 4.98 Å². The molecule has 4 amide bonds. The number of hydrogen-bond acceptors (Lipinski definition) is 10. The van der Waals surface area contributed by atoms with Crippen LogP contribution in [0.3, 0.4) is 0 Å². The molecule has 2 fully saturated rings. The predicted molar refractivity (Wildman–Crippen MR) is 221 cm³/mol. The number of unbranched alkanes of at least 4 members (excludes halogenated alkanes) is 4. The van der Waals surface area contributed by atoms with E-state index in [0.717, 1.165) is 96.6 Å². The highest BCUT2D eigenvalue weighted by Gasteiger charge is 2.48. The molecule has 3 aromatic carbocycles. The fraction of sp³-hybridized carbons (Fsp3) is 0.400. The molecule has 1 aromatic heterocycles. The highest BCUT2D eigenvalue weighted by Crippen LogP contribution is 2.40. The average Bonchev–Trinajstić information content (AvgIpc) is 3.80. The third kappa shape index (κ3) is 8.45. The summed E-state index contributed by atoms with van der Waals surface area (Å²) < 4.78 is 6.01. The molecule has 2 unspecified atom stereocenters. The highest BCUT2D eigenvalue weighted by molar-refractivity contribution is 7.16. The molecule has 2 atom stereocenters. The maximum Gasteiger partial charge on any atom is 0.230 e. The van der Waals surface area contributed by atoms with Crippen molar-refractivity contribution in [2.75, 3.05) is 35.2 Å². The van der Waals surface area contributed by atoms with Crippen LogP contribution in [0.5, 0.6) is 5.75 Å². The zero-order valence-electron chi connectivity index (χ0n) is 32.6. The Morgan fingerprint density at radius 3 is 2.55 bits per heavy atom. The first-order valence-corrected chi connectivity index (χ1v) is 21.2. The first kappa shape index (κ1) is 39.2. The molecule has 1 saturated heterocycles. The van der Waals surface area contributed by atoms with Gasteiger partial charge in [-0.1, -0.05) is 49.6 Å². The number of ketones is 2. The molecule has 2 aliphatic heterocycles. The number of anilines is 3. The van der Waals surface area contributed by atoms with Gasteiger partial charge < -0.3 is 20.3 Å². The number of hydrogen-bond donors (Lipinski definition) is 3. The smallest absolute Gasteiger partial charge is 0.230 e. The van der Waals surface area contributed by atoms with E-state index in [1.165, 1.54) is 11.3 Å². The van der Waals surface area contributed by atoms with Crippen LogP contribution in [0.1, 0.15) is 94.5 Å². The Labute approximate surface area is 341 Å². The summed E-state index contributed by atoms with van der Waals surface area (Å²) in [7, 11) is 0. The minimum atomic E-state index is -1.08. The number of aromatic nitrogens is 1. The SMILES string of the molecule is Cc1sc(NC(=O)Cc2cccc(OCCCCCCCNc3cccc4c3C(=O)C(C3CCC(=O)NC3=O)C4=O)c2)nc1-c1ccc2c(c1)CCN2C(=O)C1CC1. The monoisotopic (exact) mass is 801 g/mol. The summed E-state index contributed by atoms with van der Waals surface area (Å²) in [5, 5.41) is 9.12. The number of benzene rings is 3. The van der Waals surface area contributed by atoms with Crippen molar-refractivity contribution >= 4 is 63.0 Å². The molecule has 4 aromatic rings. The van der Waals surface area contributed by atoms with Crippen LogP contribution < -0.4 is 25.6 Å². The van der Waals surface area contributed by atoms with E-state index in [4.69, 9.17) is 9.72 Å². The number of aryl methyl sites for hydroxylation is 1. The molecule has 0 spiro atoms. The van der Waals surface area contributed by atoms with Gasteiger partial charge in [-0.3, -0.25) is 34.1 Å². The zero-order chi connectivity index (χ0) is 40.3. The summed E-state index contributed by atoms with van der Waals surface area (Å²) >= 11 is 1.45.